The van der Waals surface area contributed by atoms with E-state index in [0.29, 0.717) is 10.6 Å². The van der Waals surface area contributed by atoms with Crippen LogP contribution in [-0.4, -0.2) is 19.9 Å². The number of benzene rings is 1. The maximum absolute atomic E-state index is 11.2. The molecule has 19 heavy (non-hydrogen) atoms. The summed E-state index contributed by atoms with van der Waals surface area (Å²) in [5.41, 5.74) is 1.58. The van der Waals surface area contributed by atoms with Gasteiger partial charge in [-0.1, -0.05) is 24.1 Å². The van der Waals surface area contributed by atoms with E-state index in [1.165, 1.54) is 25.7 Å². The Morgan fingerprint density at radius 3 is 2.84 bits per heavy atom. The molecule has 0 aliphatic heterocycles. The number of fused-ring (bicyclic) bond motifs is 2. The van der Waals surface area contributed by atoms with Crippen LogP contribution in [0.3, 0.4) is 0 Å². The molecule has 1 aromatic rings. The van der Waals surface area contributed by atoms with E-state index in [0.717, 1.165) is 36.3 Å². The lowest BCUT2D eigenvalue weighted by molar-refractivity contribution is 0.112. The zero-order valence-electron chi connectivity index (χ0n) is 11.3. The van der Waals surface area contributed by atoms with Gasteiger partial charge in [0.05, 0.1) is 10.6 Å². The Morgan fingerprint density at radius 1 is 1.37 bits per heavy atom. The summed E-state index contributed by atoms with van der Waals surface area (Å²) in [6, 6.07) is 5.69. The number of carbonyl (C=O) groups is 1. The molecule has 0 N–H and O–H groups in total. The van der Waals surface area contributed by atoms with E-state index < -0.39 is 0 Å². The second kappa shape index (κ2) is 5.16. The highest BCUT2D eigenvalue weighted by molar-refractivity contribution is 6.33. The Bertz CT molecular complexity index is 488. The molecule has 2 saturated carbocycles. The number of rotatable bonds is 4. The zero-order chi connectivity index (χ0) is 13.4. The average Bonchev–Trinajstić information content (AvgIpc) is 3.00. The Morgan fingerprint density at radius 2 is 2.21 bits per heavy atom. The first-order valence-electron chi connectivity index (χ1n) is 7.14. The van der Waals surface area contributed by atoms with Crippen molar-refractivity contribution in [3.63, 3.8) is 0 Å². The first kappa shape index (κ1) is 13.0. The third-order valence-corrected chi connectivity index (χ3v) is 5.28. The highest BCUT2D eigenvalue weighted by Gasteiger charge is 2.39. The SMILES string of the molecule is CN(CC1CC2CCC1C2)c1cccc(Cl)c1C=O. The van der Waals surface area contributed by atoms with Crippen molar-refractivity contribution in [1.29, 1.82) is 0 Å². The van der Waals surface area contributed by atoms with Gasteiger partial charge in [-0.25, -0.2) is 0 Å². The minimum absolute atomic E-state index is 0.548. The van der Waals surface area contributed by atoms with Crippen molar-refractivity contribution in [1.82, 2.24) is 0 Å². The highest BCUT2D eigenvalue weighted by Crippen LogP contribution is 2.48. The quantitative estimate of drug-likeness (QED) is 0.775. The summed E-state index contributed by atoms with van der Waals surface area (Å²) in [6.07, 6.45) is 6.50. The van der Waals surface area contributed by atoms with Crippen LogP contribution >= 0.6 is 11.6 Å². The van der Waals surface area contributed by atoms with Crippen molar-refractivity contribution in [2.24, 2.45) is 17.8 Å². The Balaban J connectivity index is 1.75. The van der Waals surface area contributed by atoms with Crippen LogP contribution in [0.4, 0.5) is 5.69 Å². The van der Waals surface area contributed by atoms with Crippen molar-refractivity contribution in [2.75, 3.05) is 18.5 Å². The molecule has 0 saturated heterocycles. The predicted molar refractivity (Wildman–Crippen MR) is 79.0 cm³/mol. The van der Waals surface area contributed by atoms with E-state index in [-0.39, 0.29) is 0 Å². The maximum Gasteiger partial charge on any atom is 0.153 e. The zero-order valence-corrected chi connectivity index (χ0v) is 12.1. The van der Waals surface area contributed by atoms with Gasteiger partial charge in [-0.05, 0) is 49.1 Å². The van der Waals surface area contributed by atoms with Gasteiger partial charge in [0.2, 0.25) is 0 Å². The monoisotopic (exact) mass is 277 g/mol. The number of hydrogen-bond donors (Lipinski definition) is 0. The van der Waals surface area contributed by atoms with Gasteiger partial charge < -0.3 is 4.90 Å². The Kier molecular flexibility index (Phi) is 3.53. The summed E-state index contributed by atoms with van der Waals surface area (Å²) in [7, 11) is 2.07. The predicted octanol–water partition coefficient (Wildman–Crippen LogP) is 4.02. The molecule has 0 heterocycles. The van der Waals surface area contributed by atoms with E-state index >= 15 is 0 Å². The first-order chi connectivity index (χ1) is 9.19. The first-order valence-corrected chi connectivity index (χ1v) is 7.51. The summed E-state index contributed by atoms with van der Waals surface area (Å²) in [6.45, 7) is 1.04. The van der Waals surface area contributed by atoms with Crippen LogP contribution in [0.2, 0.25) is 5.02 Å². The lowest BCUT2D eigenvalue weighted by Gasteiger charge is -2.29. The summed E-state index contributed by atoms with van der Waals surface area (Å²) < 4.78 is 0. The standard InChI is InChI=1S/C16H20ClNO/c1-18(9-13-8-11-5-6-12(13)7-11)16-4-2-3-15(17)14(16)10-19/h2-4,10-13H,5-9H2,1H3. The number of hydrogen-bond acceptors (Lipinski definition) is 2. The van der Waals surface area contributed by atoms with E-state index in [9.17, 15) is 4.79 Å². The van der Waals surface area contributed by atoms with Gasteiger partial charge in [0.15, 0.2) is 6.29 Å². The molecule has 0 amide bonds. The van der Waals surface area contributed by atoms with Gasteiger partial charge in [-0.3, -0.25) is 4.79 Å². The van der Waals surface area contributed by atoms with E-state index in [1.807, 2.05) is 12.1 Å². The van der Waals surface area contributed by atoms with Crippen molar-refractivity contribution in [2.45, 2.75) is 25.7 Å². The van der Waals surface area contributed by atoms with Crippen molar-refractivity contribution in [3.8, 4) is 0 Å². The molecule has 3 unspecified atom stereocenters. The molecular weight excluding hydrogens is 258 g/mol. The van der Waals surface area contributed by atoms with Crippen molar-refractivity contribution >= 4 is 23.6 Å². The fraction of sp³-hybridized carbons (Fsp3) is 0.562. The molecular formula is C16H20ClNO. The molecule has 3 rings (SSSR count). The van der Waals surface area contributed by atoms with Crippen LogP contribution in [0.5, 0.6) is 0 Å². The molecule has 2 aliphatic carbocycles. The normalized spacial score (nSPS) is 28.6. The number of halogens is 1. The number of carbonyl (C=O) groups excluding carboxylic acids is 1. The Labute approximate surface area is 119 Å². The summed E-state index contributed by atoms with van der Waals surface area (Å²) in [4.78, 5) is 13.4. The van der Waals surface area contributed by atoms with Gasteiger partial charge in [-0.15, -0.1) is 0 Å². The smallest absolute Gasteiger partial charge is 0.153 e. The van der Waals surface area contributed by atoms with Crippen LogP contribution in [0, 0.1) is 17.8 Å². The topological polar surface area (TPSA) is 20.3 Å². The molecule has 3 atom stereocenters. The van der Waals surface area contributed by atoms with Crippen LogP contribution in [0.25, 0.3) is 0 Å². The molecule has 0 spiro atoms. The average molecular weight is 278 g/mol. The van der Waals surface area contributed by atoms with E-state index in [1.54, 1.807) is 6.07 Å². The third-order valence-electron chi connectivity index (χ3n) is 4.95. The van der Waals surface area contributed by atoms with Gasteiger partial charge in [-0.2, -0.15) is 0 Å². The maximum atomic E-state index is 11.2. The van der Waals surface area contributed by atoms with E-state index in [2.05, 4.69) is 11.9 Å². The lowest BCUT2D eigenvalue weighted by Crippen LogP contribution is -2.29. The summed E-state index contributed by atoms with van der Waals surface area (Å²) in [5, 5.41) is 0.548. The fourth-order valence-electron chi connectivity index (χ4n) is 4.03. The van der Waals surface area contributed by atoms with Gasteiger partial charge in [0, 0.05) is 19.3 Å². The largest absolute Gasteiger partial charge is 0.374 e. The number of aldehydes is 1. The second-order valence-corrected chi connectivity index (χ2v) is 6.51. The summed E-state index contributed by atoms with van der Waals surface area (Å²) >= 11 is 6.10. The van der Waals surface area contributed by atoms with Crippen molar-refractivity contribution in [3.05, 3.63) is 28.8 Å². The third kappa shape index (κ3) is 2.38. The van der Waals surface area contributed by atoms with Crippen LogP contribution in [0.15, 0.2) is 18.2 Å². The second-order valence-electron chi connectivity index (χ2n) is 6.11. The molecule has 0 radical (unpaired) electrons. The molecule has 1 aromatic carbocycles. The minimum atomic E-state index is 0.548. The van der Waals surface area contributed by atoms with Crippen LogP contribution < -0.4 is 4.90 Å². The fourth-order valence-corrected chi connectivity index (χ4v) is 4.24. The van der Waals surface area contributed by atoms with Gasteiger partial charge in [0.1, 0.15) is 0 Å². The number of nitrogens with zero attached hydrogens (tertiary/aromatic N) is 1. The molecule has 102 valence electrons. The minimum Gasteiger partial charge on any atom is -0.374 e. The lowest BCUT2D eigenvalue weighted by atomic mass is 9.88. The molecule has 0 aromatic heterocycles. The molecule has 2 bridgehead atoms. The summed E-state index contributed by atoms with van der Waals surface area (Å²) in [5.74, 6) is 2.67. The molecule has 3 heteroatoms. The number of anilines is 1. The molecule has 2 aliphatic rings. The van der Waals surface area contributed by atoms with Crippen LogP contribution in [0.1, 0.15) is 36.0 Å². The van der Waals surface area contributed by atoms with E-state index in [4.69, 9.17) is 11.6 Å². The Hall–Kier alpha value is -1.02. The van der Waals surface area contributed by atoms with Crippen molar-refractivity contribution < 1.29 is 4.79 Å². The molecule has 2 nitrogen and oxygen atoms in total. The highest BCUT2D eigenvalue weighted by atomic mass is 35.5. The van der Waals surface area contributed by atoms with Gasteiger partial charge in [0.25, 0.3) is 0 Å². The molecule has 2 fully saturated rings. The van der Waals surface area contributed by atoms with Crippen LogP contribution in [-0.2, 0) is 0 Å². The van der Waals surface area contributed by atoms with Gasteiger partial charge >= 0.3 is 0 Å².